The van der Waals surface area contributed by atoms with Gasteiger partial charge >= 0.3 is 5.97 Å². The standard InChI is InChI=1S/C9H7BrN2O2S2/c1-4-3-15-6(8(13)14-2)5(4)7-11-12-9(10)16-7/h3H,1-2H3. The van der Waals surface area contributed by atoms with Gasteiger partial charge in [0.25, 0.3) is 0 Å². The van der Waals surface area contributed by atoms with Crippen LogP contribution in [0.25, 0.3) is 10.6 Å². The molecule has 7 heteroatoms. The van der Waals surface area contributed by atoms with Crippen LogP contribution in [-0.2, 0) is 4.74 Å². The molecule has 0 saturated heterocycles. The van der Waals surface area contributed by atoms with Crippen molar-refractivity contribution in [3.05, 3.63) is 19.7 Å². The summed E-state index contributed by atoms with van der Waals surface area (Å²) < 4.78 is 5.43. The third kappa shape index (κ3) is 2.02. The lowest BCUT2D eigenvalue weighted by Gasteiger charge is -1.99. The lowest BCUT2D eigenvalue weighted by atomic mass is 10.2. The highest BCUT2D eigenvalue weighted by Gasteiger charge is 2.20. The van der Waals surface area contributed by atoms with Gasteiger partial charge in [0.15, 0.2) is 8.92 Å². The number of halogens is 1. The molecule has 16 heavy (non-hydrogen) atoms. The summed E-state index contributed by atoms with van der Waals surface area (Å²) in [7, 11) is 1.37. The van der Waals surface area contributed by atoms with Crippen molar-refractivity contribution < 1.29 is 9.53 Å². The summed E-state index contributed by atoms with van der Waals surface area (Å²) in [6.07, 6.45) is 0. The van der Waals surface area contributed by atoms with E-state index in [2.05, 4.69) is 26.1 Å². The molecule has 0 saturated carbocycles. The van der Waals surface area contributed by atoms with Gasteiger partial charge in [-0.25, -0.2) is 4.79 Å². The molecule has 0 radical (unpaired) electrons. The first-order valence-electron chi connectivity index (χ1n) is 4.29. The summed E-state index contributed by atoms with van der Waals surface area (Å²) >= 11 is 6.01. The van der Waals surface area contributed by atoms with Crippen molar-refractivity contribution in [1.29, 1.82) is 0 Å². The van der Waals surface area contributed by atoms with Gasteiger partial charge in [-0.15, -0.1) is 21.5 Å². The second-order valence-electron chi connectivity index (χ2n) is 2.97. The van der Waals surface area contributed by atoms with Gasteiger partial charge in [-0.3, -0.25) is 0 Å². The third-order valence-electron chi connectivity index (χ3n) is 1.96. The molecule has 0 aliphatic carbocycles. The number of aryl methyl sites for hydroxylation is 1. The zero-order valence-corrected chi connectivity index (χ0v) is 11.7. The number of carbonyl (C=O) groups excluding carboxylic acids is 1. The van der Waals surface area contributed by atoms with Crippen molar-refractivity contribution in [2.75, 3.05) is 7.11 Å². The van der Waals surface area contributed by atoms with E-state index in [0.29, 0.717) is 8.79 Å². The van der Waals surface area contributed by atoms with Gasteiger partial charge in [-0.1, -0.05) is 11.3 Å². The SMILES string of the molecule is COC(=O)c1scc(C)c1-c1nnc(Br)s1. The summed E-state index contributed by atoms with van der Waals surface area (Å²) in [6, 6.07) is 0. The van der Waals surface area contributed by atoms with E-state index in [4.69, 9.17) is 4.74 Å². The van der Waals surface area contributed by atoms with Crippen molar-refractivity contribution in [2.24, 2.45) is 0 Å². The molecule has 0 fully saturated rings. The highest BCUT2D eigenvalue weighted by molar-refractivity contribution is 9.11. The van der Waals surface area contributed by atoms with Crippen LogP contribution in [0.3, 0.4) is 0 Å². The normalized spacial score (nSPS) is 10.4. The van der Waals surface area contributed by atoms with Crippen LogP contribution in [0.5, 0.6) is 0 Å². The minimum absolute atomic E-state index is 0.334. The minimum atomic E-state index is -0.334. The molecule has 0 atom stereocenters. The number of hydrogen-bond donors (Lipinski definition) is 0. The quantitative estimate of drug-likeness (QED) is 0.798. The number of aromatic nitrogens is 2. The maximum absolute atomic E-state index is 11.6. The number of methoxy groups -OCH3 is 1. The molecule has 2 rings (SSSR count). The lowest BCUT2D eigenvalue weighted by Crippen LogP contribution is -2.00. The van der Waals surface area contributed by atoms with Crippen LogP contribution >= 0.6 is 38.6 Å². The molecule has 0 aliphatic heterocycles. The maximum atomic E-state index is 11.6. The molecular formula is C9H7BrN2O2S2. The van der Waals surface area contributed by atoms with E-state index in [1.54, 1.807) is 0 Å². The van der Waals surface area contributed by atoms with Crippen LogP contribution in [0.2, 0.25) is 0 Å². The number of thiophene rings is 1. The minimum Gasteiger partial charge on any atom is -0.465 e. The van der Waals surface area contributed by atoms with Crippen LogP contribution in [0.15, 0.2) is 9.30 Å². The van der Waals surface area contributed by atoms with Crippen molar-refractivity contribution in [3.63, 3.8) is 0 Å². The zero-order valence-electron chi connectivity index (χ0n) is 8.48. The van der Waals surface area contributed by atoms with Gasteiger partial charge < -0.3 is 4.74 Å². The van der Waals surface area contributed by atoms with Gasteiger partial charge in [0.05, 0.1) is 7.11 Å². The first kappa shape index (κ1) is 11.7. The number of rotatable bonds is 2. The largest absolute Gasteiger partial charge is 0.465 e. The Morgan fingerprint density at radius 2 is 2.25 bits per heavy atom. The Hall–Kier alpha value is -0.790. The Kier molecular flexibility index (Phi) is 3.36. The predicted octanol–water partition coefficient (Wildman–Crippen LogP) is 3.12. The van der Waals surface area contributed by atoms with E-state index in [1.807, 2.05) is 12.3 Å². The summed E-state index contributed by atoms with van der Waals surface area (Å²) in [4.78, 5) is 12.1. The van der Waals surface area contributed by atoms with Crippen LogP contribution < -0.4 is 0 Å². The van der Waals surface area contributed by atoms with Crippen LogP contribution in [-0.4, -0.2) is 23.3 Å². The first-order valence-corrected chi connectivity index (χ1v) is 6.78. The van der Waals surface area contributed by atoms with Crippen molar-refractivity contribution in [3.8, 4) is 10.6 Å². The number of carbonyl (C=O) groups is 1. The average molecular weight is 319 g/mol. The van der Waals surface area contributed by atoms with Gasteiger partial charge in [-0.2, -0.15) is 0 Å². The molecule has 0 amide bonds. The maximum Gasteiger partial charge on any atom is 0.348 e. The van der Waals surface area contributed by atoms with E-state index in [0.717, 1.165) is 16.1 Å². The van der Waals surface area contributed by atoms with Crippen LogP contribution in [0, 0.1) is 6.92 Å². The summed E-state index contributed by atoms with van der Waals surface area (Å²) in [5, 5.41) is 10.5. The zero-order chi connectivity index (χ0) is 11.7. The Labute approximate surface area is 108 Å². The van der Waals surface area contributed by atoms with E-state index >= 15 is 0 Å². The topological polar surface area (TPSA) is 52.1 Å². The fourth-order valence-electron chi connectivity index (χ4n) is 1.26. The van der Waals surface area contributed by atoms with Crippen molar-refractivity contribution >= 4 is 44.6 Å². The molecule has 0 spiro atoms. The molecule has 4 nitrogen and oxygen atoms in total. The monoisotopic (exact) mass is 318 g/mol. The highest BCUT2D eigenvalue weighted by atomic mass is 79.9. The van der Waals surface area contributed by atoms with E-state index in [1.165, 1.54) is 29.8 Å². The van der Waals surface area contributed by atoms with Gasteiger partial charge in [0, 0.05) is 5.56 Å². The van der Waals surface area contributed by atoms with Crippen molar-refractivity contribution in [2.45, 2.75) is 6.92 Å². The smallest absolute Gasteiger partial charge is 0.348 e. The number of hydrogen-bond acceptors (Lipinski definition) is 6. The number of esters is 1. The molecule has 0 N–H and O–H groups in total. The van der Waals surface area contributed by atoms with E-state index in [9.17, 15) is 4.79 Å². The Balaban J connectivity index is 2.55. The molecule has 0 unspecified atom stereocenters. The lowest BCUT2D eigenvalue weighted by molar-refractivity contribution is 0.0607. The van der Waals surface area contributed by atoms with Gasteiger partial charge in [0.1, 0.15) is 4.88 Å². The molecular weight excluding hydrogens is 312 g/mol. The van der Waals surface area contributed by atoms with E-state index in [-0.39, 0.29) is 5.97 Å². The molecule has 0 aromatic carbocycles. The summed E-state index contributed by atoms with van der Waals surface area (Å²) in [5.74, 6) is -0.334. The molecule has 0 aliphatic rings. The molecule has 84 valence electrons. The second-order valence-corrected chi connectivity index (χ2v) is 6.11. The molecule has 2 heterocycles. The number of nitrogens with zero attached hydrogens (tertiary/aromatic N) is 2. The predicted molar refractivity (Wildman–Crippen MR) is 67.0 cm³/mol. The summed E-state index contributed by atoms with van der Waals surface area (Å²) in [6.45, 7) is 1.94. The molecule has 0 bridgehead atoms. The van der Waals surface area contributed by atoms with Crippen molar-refractivity contribution in [1.82, 2.24) is 10.2 Å². The Bertz CT molecular complexity index is 535. The Morgan fingerprint density at radius 3 is 2.81 bits per heavy atom. The van der Waals surface area contributed by atoms with Gasteiger partial charge in [-0.05, 0) is 33.8 Å². The third-order valence-corrected chi connectivity index (χ3v) is 4.41. The molecule has 2 aromatic heterocycles. The number of ether oxygens (including phenoxy) is 1. The van der Waals surface area contributed by atoms with Crippen LogP contribution in [0.1, 0.15) is 15.2 Å². The summed E-state index contributed by atoms with van der Waals surface area (Å²) in [5.41, 5.74) is 1.83. The van der Waals surface area contributed by atoms with E-state index < -0.39 is 0 Å². The molecule has 2 aromatic rings. The Morgan fingerprint density at radius 1 is 1.50 bits per heavy atom. The van der Waals surface area contributed by atoms with Crippen LogP contribution in [0.4, 0.5) is 0 Å². The highest BCUT2D eigenvalue weighted by Crippen LogP contribution is 2.35. The fraction of sp³-hybridized carbons (Fsp3) is 0.222. The average Bonchev–Trinajstić information content (AvgIpc) is 2.83. The van der Waals surface area contributed by atoms with Gasteiger partial charge in [0.2, 0.25) is 0 Å². The first-order chi connectivity index (χ1) is 7.63. The fourth-order valence-corrected chi connectivity index (χ4v) is 3.52. The second kappa shape index (κ2) is 4.60.